The summed E-state index contributed by atoms with van der Waals surface area (Å²) in [6.45, 7) is 19.0. The number of thiophene rings is 6. The molecular weight excluding hydrogens is 1460 g/mol. The number of hydrogen-bond acceptors (Lipinski definition) is 14. The summed E-state index contributed by atoms with van der Waals surface area (Å²) < 4.78 is 23.1. The van der Waals surface area contributed by atoms with E-state index in [9.17, 15) is 0 Å². The molecule has 0 aliphatic heterocycles. The molecule has 0 amide bonds. The second kappa shape index (κ2) is 42.7. The van der Waals surface area contributed by atoms with Crippen LogP contribution in [0.5, 0.6) is 0 Å². The molecule has 2 atom stereocenters. The van der Waals surface area contributed by atoms with Crippen molar-refractivity contribution in [3.8, 4) is 62.2 Å². The van der Waals surface area contributed by atoms with E-state index in [-0.39, 0.29) is 5.41 Å². The van der Waals surface area contributed by atoms with E-state index in [1.807, 2.05) is 57.6 Å². The average Bonchev–Trinajstić information content (AvgIpc) is 1.54. The zero-order valence-electron chi connectivity index (χ0n) is 66.9. The van der Waals surface area contributed by atoms with Crippen LogP contribution in [0.4, 0.5) is 0 Å². The Labute approximate surface area is 677 Å². The SMILES string of the molecule is CCCCCCCCCCc1cc(-c2c3cc(-c4cnc(-c5cc6c(s5)-c5sc(-c7nccc8nsnc78)cc5C6(CC(CC)CCCC)CC(CC)CCCC)c5nsnc45)sc3c(-c3cc(CCCCCCCCCC)c(CCCCCCCCCC)s3)c3ccsc23)sc1CCCCCCCCCC. The van der Waals surface area contributed by atoms with Crippen molar-refractivity contribution in [3.05, 3.63) is 92.2 Å². The largest absolute Gasteiger partial charge is 0.253 e. The van der Waals surface area contributed by atoms with E-state index in [0.717, 1.165) is 51.9 Å². The molecule has 0 saturated heterocycles. The number of pyridine rings is 2. The molecule has 1 aliphatic rings. The molecule has 0 spiro atoms. The maximum absolute atomic E-state index is 5.71. The highest BCUT2D eigenvalue weighted by Crippen LogP contribution is 2.64. The highest BCUT2D eigenvalue weighted by atomic mass is 32.1. The average molecular weight is 1590 g/mol. The van der Waals surface area contributed by atoms with E-state index >= 15 is 0 Å². The van der Waals surface area contributed by atoms with Crippen LogP contribution in [0.15, 0.2) is 60.2 Å². The zero-order chi connectivity index (χ0) is 74.2. The first-order valence-corrected chi connectivity index (χ1v) is 49.9. The standard InChI is InChI=1S/C93H128N6S8/c1-9-17-23-27-31-35-39-43-49-67-57-78(101-75(67)51-45-41-37-33-29-25-19-11-3)82-69-54-56-100-89(69)83(79-58-68(50-44-40-36-32-28-24-18-10-2)76(102-79)52-46-42-38-34-30-26-20-12-4)70-59-77(103-90(70)82)71-64-95-87(88-84(71)97-107-99-88)81-61-73-92(105-81)91-72(60-80(104-91)86-85-74(53-55-94-86)96-106-98-85)93(73,62-65(15-7)47-21-13-5)63-66(16-8)48-22-14-6/h53-61,64-66H,9-52,62-63H2,1-8H3. The van der Waals surface area contributed by atoms with Crippen LogP contribution in [-0.2, 0) is 31.1 Å². The van der Waals surface area contributed by atoms with Crippen LogP contribution >= 0.6 is 91.5 Å². The highest BCUT2D eigenvalue weighted by molar-refractivity contribution is 7.26. The number of aromatic nitrogens is 6. The number of nitrogens with zero attached hydrogens (tertiary/aromatic N) is 6. The first kappa shape index (κ1) is 82.3. The predicted octanol–water partition coefficient (Wildman–Crippen LogP) is 33.7. The van der Waals surface area contributed by atoms with Gasteiger partial charge in [-0.2, -0.15) is 17.5 Å². The van der Waals surface area contributed by atoms with Gasteiger partial charge in [-0.3, -0.25) is 9.97 Å². The maximum Gasteiger partial charge on any atom is 0.132 e. The second-order valence-electron chi connectivity index (χ2n) is 32.1. The van der Waals surface area contributed by atoms with Gasteiger partial charge in [-0.15, -0.1) is 68.0 Å². The van der Waals surface area contributed by atoms with Crippen molar-refractivity contribution in [1.29, 1.82) is 0 Å². The summed E-state index contributed by atoms with van der Waals surface area (Å²) in [5.41, 5.74) is 15.9. The smallest absolute Gasteiger partial charge is 0.132 e. The Kier molecular flexibility index (Phi) is 32.8. The summed E-state index contributed by atoms with van der Waals surface area (Å²) in [5, 5.41) is 5.26. The van der Waals surface area contributed by atoms with Crippen LogP contribution in [0, 0.1) is 11.8 Å². The Balaban J connectivity index is 0.971. The first-order valence-electron chi connectivity index (χ1n) is 43.5. The van der Waals surface area contributed by atoms with Gasteiger partial charge in [0.2, 0.25) is 0 Å². The number of hydrogen-bond donors (Lipinski definition) is 0. The van der Waals surface area contributed by atoms with E-state index in [1.165, 1.54) is 383 Å². The molecule has 1 aliphatic carbocycles. The molecule has 10 aromatic heterocycles. The van der Waals surface area contributed by atoms with Gasteiger partial charge in [0, 0.05) is 88.8 Å². The Morgan fingerprint density at radius 1 is 0.364 bits per heavy atom. The third-order valence-corrected chi connectivity index (χ3v) is 32.2. The minimum atomic E-state index is -0.138. The van der Waals surface area contributed by atoms with Gasteiger partial charge in [0.1, 0.15) is 33.5 Å². The number of benzene rings is 1. The molecule has 12 rings (SSSR count). The molecule has 578 valence electrons. The van der Waals surface area contributed by atoms with Crippen molar-refractivity contribution >= 4 is 134 Å². The third-order valence-electron chi connectivity index (χ3n) is 24.0. The number of unbranched alkanes of at least 4 members (excludes halogenated alkanes) is 30. The molecule has 10 heterocycles. The van der Waals surface area contributed by atoms with Crippen LogP contribution in [0.2, 0.25) is 0 Å². The molecule has 14 heteroatoms. The molecule has 0 N–H and O–H groups in total. The molecule has 0 fully saturated rings. The summed E-state index contributed by atoms with van der Waals surface area (Å²) in [4.78, 5) is 23.5. The summed E-state index contributed by atoms with van der Waals surface area (Å²) in [6.07, 6.45) is 64.4. The van der Waals surface area contributed by atoms with Gasteiger partial charge in [0.25, 0.3) is 0 Å². The molecule has 11 aromatic rings. The molecule has 0 bridgehead atoms. The second-order valence-corrected chi connectivity index (χ2v) is 39.5. The van der Waals surface area contributed by atoms with E-state index in [0.29, 0.717) is 11.8 Å². The summed E-state index contributed by atoms with van der Waals surface area (Å²) >= 11 is 14.8. The topological polar surface area (TPSA) is 77.3 Å². The van der Waals surface area contributed by atoms with Crippen LogP contribution in [0.1, 0.15) is 357 Å². The predicted molar refractivity (Wildman–Crippen MR) is 481 cm³/mol. The van der Waals surface area contributed by atoms with Crippen LogP contribution in [0.3, 0.4) is 0 Å². The molecular formula is C93H128N6S8. The van der Waals surface area contributed by atoms with E-state index in [2.05, 4.69) is 126 Å². The number of fused-ring (bicyclic) bond motifs is 7. The van der Waals surface area contributed by atoms with E-state index in [4.69, 9.17) is 27.5 Å². The molecule has 1 aromatic carbocycles. The lowest BCUT2D eigenvalue weighted by molar-refractivity contribution is 0.266. The quantitative estimate of drug-likeness (QED) is 0.0354. The van der Waals surface area contributed by atoms with Crippen LogP contribution < -0.4 is 0 Å². The molecule has 2 unspecified atom stereocenters. The zero-order valence-corrected chi connectivity index (χ0v) is 73.4. The fourth-order valence-corrected chi connectivity index (χ4v) is 26.5. The lowest BCUT2D eigenvalue weighted by Crippen LogP contribution is -2.31. The first-order chi connectivity index (χ1) is 52.8. The molecule has 0 saturated carbocycles. The van der Waals surface area contributed by atoms with Gasteiger partial charge in [-0.05, 0) is 146 Å². The van der Waals surface area contributed by atoms with Gasteiger partial charge in [-0.1, -0.05) is 287 Å². The van der Waals surface area contributed by atoms with E-state index < -0.39 is 0 Å². The summed E-state index contributed by atoms with van der Waals surface area (Å²) in [6, 6.07) is 17.7. The van der Waals surface area contributed by atoms with Crippen LogP contribution in [-0.4, -0.2) is 27.5 Å². The van der Waals surface area contributed by atoms with Crippen molar-refractivity contribution in [2.45, 2.75) is 356 Å². The Hall–Kier alpha value is -4.12. The van der Waals surface area contributed by atoms with Gasteiger partial charge in [0.05, 0.1) is 33.2 Å². The fraction of sp³-hybridized carbons (Fsp3) is 0.613. The lowest BCUT2D eigenvalue weighted by Gasteiger charge is -2.37. The van der Waals surface area contributed by atoms with Gasteiger partial charge < -0.3 is 0 Å². The molecule has 107 heavy (non-hydrogen) atoms. The summed E-state index contributed by atoms with van der Waals surface area (Å²) in [5.74, 6) is 1.23. The monoisotopic (exact) mass is 1580 g/mol. The van der Waals surface area contributed by atoms with E-state index in [1.54, 1.807) is 20.9 Å². The van der Waals surface area contributed by atoms with Crippen molar-refractivity contribution in [2.24, 2.45) is 11.8 Å². The number of aryl methyl sites for hydroxylation is 4. The third kappa shape index (κ3) is 20.5. The van der Waals surface area contributed by atoms with Crippen molar-refractivity contribution in [3.63, 3.8) is 0 Å². The normalized spacial score (nSPS) is 14.4. The van der Waals surface area contributed by atoms with Crippen molar-refractivity contribution < 1.29 is 0 Å². The van der Waals surface area contributed by atoms with Crippen LogP contribution in [0.25, 0.3) is 104 Å². The number of rotatable bonds is 53. The van der Waals surface area contributed by atoms with Crippen molar-refractivity contribution in [1.82, 2.24) is 27.5 Å². The molecule has 0 radical (unpaired) electrons. The van der Waals surface area contributed by atoms with Crippen molar-refractivity contribution in [2.75, 3.05) is 0 Å². The Bertz CT molecular complexity index is 4230. The lowest BCUT2D eigenvalue weighted by atomic mass is 9.65. The minimum absolute atomic E-state index is 0.138. The fourth-order valence-electron chi connectivity index (χ4n) is 17.7. The van der Waals surface area contributed by atoms with Gasteiger partial charge in [-0.25, -0.2) is 0 Å². The van der Waals surface area contributed by atoms with Gasteiger partial charge in [0.15, 0.2) is 0 Å². The Morgan fingerprint density at radius 3 is 1.30 bits per heavy atom. The molecule has 6 nitrogen and oxygen atoms in total. The maximum atomic E-state index is 5.71. The Morgan fingerprint density at radius 2 is 0.804 bits per heavy atom. The summed E-state index contributed by atoms with van der Waals surface area (Å²) in [7, 11) is 0. The highest BCUT2D eigenvalue weighted by Gasteiger charge is 2.48. The minimum Gasteiger partial charge on any atom is -0.253 e. The van der Waals surface area contributed by atoms with Gasteiger partial charge >= 0.3 is 0 Å².